The monoisotopic (exact) mass is 262 g/mol. The number of hydrogen-bond acceptors (Lipinski definition) is 5. The Morgan fingerprint density at radius 3 is 2.05 bits per heavy atom. The molecule has 0 radical (unpaired) electrons. The van der Waals surface area contributed by atoms with Gasteiger partial charge in [-0.15, -0.1) is 0 Å². The van der Waals surface area contributed by atoms with Gasteiger partial charge in [-0.3, -0.25) is 4.79 Å². The number of esters is 2. The van der Waals surface area contributed by atoms with Gasteiger partial charge in [-0.25, -0.2) is 9.59 Å². The van der Waals surface area contributed by atoms with E-state index < -0.39 is 17.7 Å². The molecule has 0 saturated carbocycles. The zero-order valence-electron chi connectivity index (χ0n) is 10.9. The Hall–Kier alpha value is -2.43. The molecule has 0 aliphatic carbocycles. The second kappa shape index (κ2) is 6.49. The summed E-state index contributed by atoms with van der Waals surface area (Å²) in [5, 5.41) is 0. The summed E-state index contributed by atoms with van der Waals surface area (Å²) in [7, 11) is 2.29. The van der Waals surface area contributed by atoms with Crippen LogP contribution in [0, 0.1) is 6.92 Å². The number of carbonyl (C=O) groups excluding carboxylic acids is 3. The van der Waals surface area contributed by atoms with E-state index in [0.717, 1.165) is 25.9 Å². The van der Waals surface area contributed by atoms with E-state index >= 15 is 0 Å². The molecule has 0 bridgehead atoms. The van der Waals surface area contributed by atoms with Crippen LogP contribution in [-0.2, 0) is 19.1 Å². The third-order valence-electron chi connectivity index (χ3n) is 2.43. The van der Waals surface area contributed by atoms with Gasteiger partial charge in [0.25, 0.3) is 0 Å². The standard InChI is InChI=1S/C14H14O5/c1-9-4-6-10(7-5-9)13(16)11(14(17)19-3)8-12(15)18-2/h4-8H,1-3H3/b11-8+. The number of hydrogen-bond donors (Lipinski definition) is 0. The first-order valence-electron chi connectivity index (χ1n) is 5.49. The van der Waals surface area contributed by atoms with Crippen LogP contribution in [0.3, 0.4) is 0 Å². The molecule has 100 valence electrons. The van der Waals surface area contributed by atoms with Gasteiger partial charge < -0.3 is 9.47 Å². The molecule has 0 atom stereocenters. The van der Waals surface area contributed by atoms with Crippen molar-refractivity contribution < 1.29 is 23.9 Å². The average Bonchev–Trinajstić information content (AvgIpc) is 2.43. The molecule has 5 heteroatoms. The highest BCUT2D eigenvalue weighted by molar-refractivity contribution is 6.26. The summed E-state index contributed by atoms with van der Waals surface area (Å²) in [6.07, 6.45) is 0.827. The zero-order valence-corrected chi connectivity index (χ0v) is 10.9. The van der Waals surface area contributed by atoms with E-state index in [2.05, 4.69) is 9.47 Å². The van der Waals surface area contributed by atoms with Gasteiger partial charge in [0.15, 0.2) is 0 Å². The van der Waals surface area contributed by atoms with Crippen molar-refractivity contribution in [3.05, 3.63) is 47.0 Å². The molecule has 1 aromatic rings. The molecule has 0 aliphatic heterocycles. The SMILES string of the molecule is COC(=O)/C=C(/C(=O)OC)C(=O)c1ccc(C)cc1. The normalized spacial score (nSPS) is 10.8. The molecule has 0 fully saturated rings. The molecule has 0 heterocycles. The van der Waals surface area contributed by atoms with Crippen molar-refractivity contribution in [3.63, 3.8) is 0 Å². The van der Waals surface area contributed by atoms with Gasteiger partial charge in [-0.2, -0.15) is 0 Å². The molecular formula is C14H14O5. The predicted molar refractivity (Wildman–Crippen MR) is 67.6 cm³/mol. The largest absolute Gasteiger partial charge is 0.466 e. The molecule has 0 aromatic heterocycles. The minimum absolute atomic E-state index is 0.297. The van der Waals surface area contributed by atoms with E-state index in [1.54, 1.807) is 24.3 Å². The van der Waals surface area contributed by atoms with Gasteiger partial charge >= 0.3 is 11.9 Å². The van der Waals surface area contributed by atoms with Crippen LogP contribution in [0.4, 0.5) is 0 Å². The summed E-state index contributed by atoms with van der Waals surface area (Å²) in [6, 6.07) is 6.62. The van der Waals surface area contributed by atoms with Crippen LogP contribution >= 0.6 is 0 Å². The summed E-state index contributed by atoms with van der Waals surface area (Å²) in [4.78, 5) is 34.8. The third kappa shape index (κ3) is 3.77. The second-order valence-electron chi connectivity index (χ2n) is 3.77. The van der Waals surface area contributed by atoms with E-state index in [0.29, 0.717) is 5.56 Å². The topological polar surface area (TPSA) is 69.7 Å². The number of aryl methyl sites for hydroxylation is 1. The fourth-order valence-electron chi connectivity index (χ4n) is 1.36. The fourth-order valence-corrected chi connectivity index (χ4v) is 1.36. The van der Waals surface area contributed by atoms with Crippen molar-refractivity contribution in [2.24, 2.45) is 0 Å². The van der Waals surface area contributed by atoms with Crippen LogP contribution in [0.25, 0.3) is 0 Å². The van der Waals surface area contributed by atoms with E-state index in [4.69, 9.17) is 0 Å². The van der Waals surface area contributed by atoms with Crippen LogP contribution < -0.4 is 0 Å². The molecule has 1 aromatic carbocycles. The Kier molecular flexibility index (Phi) is 5.00. The van der Waals surface area contributed by atoms with Gasteiger partial charge in [0.05, 0.1) is 14.2 Å². The van der Waals surface area contributed by atoms with Gasteiger partial charge in [0.2, 0.25) is 5.78 Å². The maximum atomic E-state index is 12.1. The first-order valence-corrected chi connectivity index (χ1v) is 5.49. The number of ketones is 1. The predicted octanol–water partition coefficient (Wildman–Crippen LogP) is 1.45. The number of ether oxygens (including phenoxy) is 2. The second-order valence-corrected chi connectivity index (χ2v) is 3.77. The average molecular weight is 262 g/mol. The van der Waals surface area contributed by atoms with E-state index in [1.165, 1.54) is 0 Å². The first-order chi connectivity index (χ1) is 8.99. The third-order valence-corrected chi connectivity index (χ3v) is 2.43. The van der Waals surface area contributed by atoms with Crippen molar-refractivity contribution in [3.8, 4) is 0 Å². The first kappa shape index (κ1) is 14.6. The Balaban J connectivity index is 3.15. The number of benzene rings is 1. The number of Topliss-reactive ketones (excluding diaryl/α,β-unsaturated/α-hetero) is 1. The minimum atomic E-state index is -0.879. The van der Waals surface area contributed by atoms with Crippen LogP contribution in [0.15, 0.2) is 35.9 Å². The number of carbonyl (C=O) groups is 3. The minimum Gasteiger partial charge on any atom is -0.466 e. The van der Waals surface area contributed by atoms with Crippen molar-refractivity contribution >= 4 is 17.7 Å². The maximum absolute atomic E-state index is 12.1. The maximum Gasteiger partial charge on any atom is 0.342 e. The summed E-state index contributed by atoms with van der Waals surface area (Å²) in [5.74, 6) is -2.26. The molecule has 5 nitrogen and oxygen atoms in total. The van der Waals surface area contributed by atoms with Crippen molar-refractivity contribution in [2.75, 3.05) is 14.2 Å². The van der Waals surface area contributed by atoms with Crippen molar-refractivity contribution in [1.82, 2.24) is 0 Å². The Morgan fingerprint density at radius 2 is 1.58 bits per heavy atom. The molecule has 19 heavy (non-hydrogen) atoms. The molecule has 0 saturated heterocycles. The Morgan fingerprint density at radius 1 is 1.00 bits per heavy atom. The fraction of sp³-hybridized carbons (Fsp3) is 0.214. The summed E-state index contributed by atoms with van der Waals surface area (Å²) in [5.41, 5.74) is 0.914. The Bertz CT molecular complexity index is 525. The van der Waals surface area contributed by atoms with E-state index in [-0.39, 0.29) is 5.57 Å². The molecule has 0 N–H and O–H groups in total. The molecule has 1 rings (SSSR count). The molecular weight excluding hydrogens is 248 g/mol. The molecule has 0 unspecified atom stereocenters. The number of rotatable bonds is 4. The van der Waals surface area contributed by atoms with Crippen LogP contribution in [-0.4, -0.2) is 31.9 Å². The number of methoxy groups -OCH3 is 2. The highest BCUT2D eigenvalue weighted by Crippen LogP contribution is 2.11. The highest BCUT2D eigenvalue weighted by Gasteiger charge is 2.22. The molecule has 0 aliphatic rings. The smallest absolute Gasteiger partial charge is 0.342 e. The van der Waals surface area contributed by atoms with Gasteiger partial charge in [0, 0.05) is 11.6 Å². The van der Waals surface area contributed by atoms with Gasteiger partial charge in [-0.05, 0) is 6.92 Å². The van der Waals surface area contributed by atoms with Gasteiger partial charge in [0.1, 0.15) is 5.57 Å². The quantitative estimate of drug-likeness (QED) is 0.270. The van der Waals surface area contributed by atoms with E-state index in [9.17, 15) is 14.4 Å². The molecule has 0 spiro atoms. The van der Waals surface area contributed by atoms with Crippen LogP contribution in [0.1, 0.15) is 15.9 Å². The summed E-state index contributed by atoms with van der Waals surface area (Å²) < 4.78 is 8.89. The molecule has 0 amide bonds. The Labute approximate surface area is 110 Å². The van der Waals surface area contributed by atoms with Crippen LogP contribution in [0.2, 0.25) is 0 Å². The highest BCUT2D eigenvalue weighted by atomic mass is 16.5. The lowest BCUT2D eigenvalue weighted by Gasteiger charge is -2.05. The summed E-state index contributed by atoms with van der Waals surface area (Å²) in [6.45, 7) is 1.87. The lowest BCUT2D eigenvalue weighted by molar-refractivity contribution is -0.138. The lowest BCUT2D eigenvalue weighted by atomic mass is 10.0. The van der Waals surface area contributed by atoms with Crippen molar-refractivity contribution in [1.29, 1.82) is 0 Å². The van der Waals surface area contributed by atoms with Crippen LogP contribution in [0.5, 0.6) is 0 Å². The van der Waals surface area contributed by atoms with E-state index in [1.807, 2.05) is 6.92 Å². The zero-order chi connectivity index (χ0) is 14.4. The lowest BCUT2D eigenvalue weighted by Crippen LogP contribution is -2.17. The van der Waals surface area contributed by atoms with Gasteiger partial charge in [-0.1, -0.05) is 29.8 Å². The van der Waals surface area contributed by atoms with Crippen molar-refractivity contribution in [2.45, 2.75) is 6.92 Å². The summed E-state index contributed by atoms with van der Waals surface area (Å²) >= 11 is 0.